The van der Waals surface area contributed by atoms with Crippen LogP contribution in [0, 0.1) is 6.92 Å². The highest BCUT2D eigenvalue weighted by Gasteiger charge is 2.31. The first-order chi connectivity index (χ1) is 13.0. The maximum absolute atomic E-state index is 12.4. The molecule has 0 unspecified atom stereocenters. The number of piperidine rings is 1. The number of hydrogen-bond acceptors (Lipinski definition) is 7. The fourth-order valence-corrected chi connectivity index (χ4v) is 3.92. The first-order valence-electron chi connectivity index (χ1n) is 8.62. The van der Waals surface area contributed by atoms with Gasteiger partial charge in [-0.15, -0.1) is 11.3 Å². The molecule has 0 aliphatic carbocycles. The highest BCUT2D eigenvalue weighted by atomic mass is 32.1. The van der Waals surface area contributed by atoms with E-state index >= 15 is 0 Å². The van der Waals surface area contributed by atoms with Crippen LogP contribution >= 0.6 is 11.3 Å². The summed E-state index contributed by atoms with van der Waals surface area (Å²) in [6.07, 6.45) is 3.82. The Labute approximate surface area is 160 Å². The van der Waals surface area contributed by atoms with Crippen LogP contribution in [0.5, 0.6) is 0 Å². The van der Waals surface area contributed by atoms with Gasteiger partial charge < -0.3 is 15.4 Å². The summed E-state index contributed by atoms with van der Waals surface area (Å²) >= 11 is 1.17. The summed E-state index contributed by atoms with van der Waals surface area (Å²) in [4.78, 5) is 46.6. The summed E-state index contributed by atoms with van der Waals surface area (Å²) < 4.78 is 5.17. The lowest BCUT2D eigenvalue weighted by molar-refractivity contribution is -0.143. The highest BCUT2D eigenvalue weighted by Crippen LogP contribution is 2.27. The summed E-state index contributed by atoms with van der Waals surface area (Å²) in [5.41, 5.74) is 6.55. The third-order valence-electron chi connectivity index (χ3n) is 4.34. The third kappa shape index (κ3) is 4.30. The molecule has 9 heteroatoms. The smallest absolute Gasteiger partial charge is 0.350 e. The number of likely N-dealkylation sites (tertiary alicyclic amines) is 1. The Hall–Kier alpha value is -2.81. The van der Waals surface area contributed by atoms with Crippen molar-refractivity contribution in [2.75, 3.05) is 13.2 Å². The van der Waals surface area contributed by atoms with Gasteiger partial charge in [0, 0.05) is 12.7 Å². The van der Waals surface area contributed by atoms with Crippen LogP contribution in [0.25, 0.3) is 10.7 Å². The molecule has 1 aliphatic heterocycles. The molecule has 2 aromatic rings. The molecule has 3 rings (SSSR count). The van der Waals surface area contributed by atoms with Gasteiger partial charge in [0.1, 0.15) is 15.9 Å². The van der Waals surface area contributed by atoms with Gasteiger partial charge in [-0.05, 0) is 38.3 Å². The van der Waals surface area contributed by atoms with Crippen LogP contribution in [0.4, 0.5) is 0 Å². The molecule has 0 bridgehead atoms. The molecule has 0 aromatic carbocycles. The number of aromatic nitrogens is 2. The number of hydrogen-bond donors (Lipinski definition) is 1. The van der Waals surface area contributed by atoms with E-state index in [0.29, 0.717) is 34.2 Å². The molecule has 2 N–H and O–H groups in total. The van der Waals surface area contributed by atoms with Crippen molar-refractivity contribution in [3.8, 4) is 10.7 Å². The molecule has 2 amide bonds. The molecule has 1 atom stereocenters. The number of nitrogens with zero attached hydrogens (tertiary/aromatic N) is 3. The number of aryl methyl sites for hydroxylation is 1. The number of amides is 2. The quantitative estimate of drug-likeness (QED) is 0.777. The van der Waals surface area contributed by atoms with Crippen LogP contribution in [-0.4, -0.2) is 51.8 Å². The molecule has 2 aromatic heterocycles. The number of nitrogens with two attached hydrogens (primary N) is 1. The standard InChI is InChI=1S/C18H20N4O4S/c1-11-15(27-17(21-11)12-6-2-4-8-20-12)18(25)26-10-14(23)22-9-5-3-7-13(22)16(19)24/h2,4,6,8,13H,3,5,7,9-10H2,1H3,(H2,19,24)/t13-/m0/s1. The molecule has 1 aliphatic rings. The zero-order valence-corrected chi connectivity index (χ0v) is 15.7. The van der Waals surface area contributed by atoms with Gasteiger partial charge in [0.15, 0.2) is 6.61 Å². The van der Waals surface area contributed by atoms with Crippen molar-refractivity contribution in [2.24, 2.45) is 5.73 Å². The second kappa shape index (κ2) is 8.26. The molecular weight excluding hydrogens is 368 g/mol. The van der Waals surface area contributed by atoms with E-state index in [2.05, 4.69) is 9.97 Å². The Kier molecular flexibility index (Phi) is 5.80. The number of pyridine rings is 1. The monoisotopic (exact) mass is 388 g/mol. The van der Waals surface area contributed by atoms with Gasteiger partial charge >= 0.3 is 5.97 Å². The fourth-order valence-electron chi connectivity index (χ4n) is 2.99. The Morgan fingerprint density at radius 2 is 2.15 bits per heavy atom. The summed E-state index contributed by atoms with van der Waals surface area (Å²) in [5.74, 6) is -1.57. The number of thiazole rings is 1. The minimum Gasteiger partial charge on any atom is -0.451 e. The molecule has 142 valence electrons. The first kappa shape index (κ1) is 19.0. The van der Waals surface area contributed by atoms with Gasteiger partial charge in [-0.2, -0.15) is 0 Å². The predicted molar refractivity (Wildman–Crippen MR) is 98.9 cm³/mol. The molecule has 1 fully saturated rings. The minimum absolute atomic E-state index is 0.327. The lowest BCUT2D eigenvalue weighted by Gasteiger charge is -2.33. The van der Waals surface area contributed by atoms with E-state index in [4.69, 9.17) is 10.5 Å². The Balaban J connectivity index is 1.65. The third-order valence-corrected chi connectivity index (χ3v) is 5.50. The van der Waals surface area contributed by atoms with Crippen molar-refractivity contribution in [1.82, 2.24) is 14.9 Å². The highest BCUT2D eigenvalue weighted by molar-refractivity contribution is 7.17. The van der Waals surface area contributed by atoms with Gasteiger partial charge in [-0.25, -0.2) is 9.78 Å². The average Bonchev–Trinajstić information content (AvgIpc) is 3.08. The Morgan fingerprint density at radius 3 is 2.85 bits per heavy atom. The molecule has 0 spiro atoms. The van der Waals surface area contributed by atoms with E-state index in [1.165, 1.54) is 16.2 Å². The van der Waals surface area contributed by atoms with E-state index in [0.717, 1.165) is 12.8 Å². The van der Waals surface area contributed by atoms with Gasteiger partial charge in [0.2, 0.25) is 5.91 Å². The van der Waals surface area contributed by atoms with Crippen LogP contribution in [-0.2, 0) is 14.3 Å². The van der Waals surface area contributed by atoms with Gasteiger partial charge in [-0.1, -0.05) is 6.07 Å². The van der Waals surface area contributed by atoms with Gasteiger partial charge in [-0.3, -0.25) is 14.6 Å². The fraction of sp³-hybridized carbons (Fsp3) is 0.389. The number of carbonyl (C=O) groups is 3. The van der Waals surface area contributed by atoms with Crippen molar-refractivity contribution >= 4 is 29.1 Å². The topological polar surface area (TPSA) is 115 Å². The lowest BCUT2D eigenvalue weighted by Crippen LogP contribution is -2.51. The van der Waals surface area contributed by atoms with E-state index < -0.39 is 30.4 Å². The van der Waals surface area contributed by atoms with E-state index in [-0.39, 0.29) is 0 Å². The van der Waals surface area contributed by atoms with E-state index in [1.54, 1.807) is 25.3 Å². The first-order valence-corrected chi connectivity index (χ1v) is 9.43. The number of carbonyl (C=O) groups excluding carboxylic acids is 3. The maximum Gasteiger partial charge on any atom is 0.350 e. The van der Waals surface area contributed by atoms with Crippen LogP contribution < -0.4 is 5.73 Å². The Morgan fingerprint density at radius 1 is 1.33 bits per heavy atom. The van der Waals surface area contributed by atoms with Crippen molar-refractivity contribution in [2.45, 2.75) is 32.2 Å². The molecule has 0 saturated carbocycles. The van der Waals surface area contributed by atoms with Crippen LogP contribution in [0.1, 0.15) is 34.6 Å². The number of primary amides is 1. The van der Waals surface area contributed by atoms with Crippen molar-refractivity contribution < 1.29 is 19.1 Å². The number of ether oxygens (including phenoxy) is 1. The van der Waals surface area contributed by atoms with Crippen molar-refractivity contribution in [1.29, 1.82) is 0 Å². The molecule has 0 radical (unpaired) electrons. The second-order valence-electron chi connectivity index (χ2n) is 6.23. The molecule has 1 saturated heterocycles. The van der Waals surface area contributed by atoms with Crippen LogP contribution in [0.2, 0.25) is 0 Å². The average molecular weight is 388 g/mol. The number of rotatable bonds is 5. The number of esters is 1. The van der Waals surface area contributed by atoms with E-state index in [9.17, 15) is 14.4 Å². The summed E-state index contributed by atoms with van der Waals surface area (Å²) in [6.45, 7) is 1.71. The van der Waals surface area contributed by atoms with Crippen molar-refractivity contribution in [3.63, 3.8) is 0 Å². The lowest BCUT2D eigenvalue weighted by atomic mass is 10.0. The summed E-state index contributed by atoms with van der Waals surface area (Å²) in [7, 11) is 0. The summed E-state index contributed by atoms with van der Waals surface area (Å²) in [6, 6.07) is 4.80. The van der Waals surface area contributed by atoms with Gasteiger partial charge in [0.25, 0.3) is 5.91 Å². The zero-order valence-electron chi connectivity index (χ0n) is 14.9. The minimum atomic E-state index is -0.633. The molecule has 8 nitrogen and oxygen atoms in total. The maximum atomic E-state index is 12.4. The normalized spacial score (nSPS) is 16.8. The van der Waals surface area contributed by atoms with Gasteiger partial charge in [0.05, 0.1) is 11.4 Å². The molecular formula is C18H20N4O4S. The van der Waals surface area contributed by atoms with Crippen LogP contribution in [0.15, 0.2) is 24.4 Å². The largest absolute Gasteiger partial charge is 0.451 e. The molecule has 3 heterocycles. The zero-order chi connectivity index (χ0) is 19.4. The van der Waals surface area contributed by atoms with Crippen molar-refractivity contribution in [3.05, 3.63) is 35.0 Å². The van der Waals surface area contributed by atoms with E-state index in [1.807, 2.05) is 6.07 Å². The second-order valence-corrected chi connectivity index (χ2v) is 7.22. The molecule has 27 heavy (non-hydrogen) atoms. The summed E-state index contributed by atoms with van der Waals surface area (Å²) in [5, 5.41) is 0.608. The predicted octanol–water partition coefficient (Wildman–Crippen LogP) is 1.54. The Bertz CT molecular complexity index is 852. The SMILES string of the molecule is Cc1nc(-c2ccccn2)sc1C(=O)OCC(=O)N1CCCC[C@H]1C(N)=O. The van der Waals surface area contributed by atoms with Crippen LogP contribution in [0.3, 0.4) is 0 Å².